The molecule has 0 bridgehead atoms. The van der Waals surface area contributed by atoms with Crippen molar-refractivity contribution < 1.29 is 9.53 Å². The summed E-state index contributed by atoms with van der Waals surface area (Å²) in [5.74, 6) is 0.998. The summed E-state index contributed by atoms with van der Waals surface area (Å²) in [6, 6.07) is 11.4. The molecule has 0 aliphatic rings. The fourth-order valence-electron chi connectivity index (χ4n) is 2.36. The molecule has 1 aromatic carbocycles. The quantitative estimate of drug-likeness (QED) is 0.695. The zero-order valence-electron chi connectivity index (χ0n) is 15.2. The van der Waals surface area contributed by atoms with Gasteiger partial charge in [0.25, 0.3) is 0 Å². The molecular formula is C18H21N5O2S. The van der Waals surface area contributed by atoms with Gasteiger partial charge in [-0.2, -0.15) is 9.61 Å². The number of methoxy groups -OCH3 is 1. The Morgan fingerprint density at radius 2 is 1.88 bits per heavy atom. The molecule has 2 heterocycles. The van der Waals surface area contributed by atoms with Crippen molar-refractivity contribution in [2.24, 2.45) is 0 Å². The standard InChI is InChI=1S/C18H21N5O2S/c1-18(2,3)19-16(24)11-26-17-21-20-15-10-9-14(22-23(15)17)12-5-7-13(25-4)8-6-12/h5-10H,11H2,1-4H3,(H,19,24). The Hall–Kier alpha value is -2.61. The fraction of sp³-hybridized carbons (Fsp3) is 0.333. The van der Waals surface area contributed by atoms with Crippen molar-refractivity contribution in [3.63, 3.8) is 0 Å². The van der Waals surface area contributed by atoms with E-state index in [2.05, 4.69) is 20.6 Å². The lowest BCUT2D eigenvalue weighted by Gasteiger charge is -2.20. The molecule has 0 atom stereocenters. The van der Waals surface area contributed by atoms with E-state index < -0.39 is 0 Å². The lowest BCUT2D eigenvalue weighted by atomic mass is 10.1. The van der Waals surface area contributed by atoms with Crippen LogP contribution in [-0.2, 0) is 4.79 Å². The van der Waals surface area contributed by atoms with E-state index in [1.807, 2.05) is 57.2 Å². The Morgan fingerprint density at radius 3 is 2.54 bits per heavy atom. The van der Waals surface area contributed by atoms with Gasteiger partial charge in [-0.25, -0.2) is 0 Å². The highest BCUT2D eigenvalue weighted by Crippen LogP contribution is 2.22. The van der Waals surface area contributed by atoms with Gasteiger partial charge in [0.05, 0.1) is 18.6 Å². The number of rotatable bonds is 5. The number of nitrogens with one attached hydrogen (secondary N) is 1. The second-order valence-electron chi connectivity index (χ2n) is 6.79. The number of ether oxygens (including phenoxy) is 1. The van der Waals surface area contributed by atoms with E-state index in [4.69, 9.17) is 4.74 Å². The van der Waals surface area contributed by atoms with Crippen LogP contribution in [0.15, 0.2) is 41.6 Å². The Bertz CT molecular complexity index is 915. The molecule has 7 nitrogen and oxygen atoms in total. The molecule has 3 aromatic rings. The van der Waals surface area contributed by atoms with Crippen molar-refractivity contribution in [1.82, 2.24) is 25.1 Å². The normalized spacial score (nSPS) is 11.5. The molecule has 0 aliphatic carbocycles. The molecule has 2 aromatic heterocycles. The zero-order chi connectivity index (χ0) is 18.7. The van der Waals surface area contributed by atoms with Gasteiger partial charge in [-0.15, -0.1) is 10.2 Å². The van der Waals surface area contributed by atoms with E-state index in [1.54, 1.807) is 11.6 Å². The van der Waals surface area contributed by atoms with Crippen molar-refractivity contribution in [3.8, 4) is 17.0 Å². The molecule has 1 N–H and O–H groups in total. The third-order valence-electron chi connectivity index (χ3n) is 3.47. The van der Waals surface area contributed by atoms with Crippen molar-refractivity contribution in [2.75, 3.05) is 12.9 Å². The molecular weight excluding hydrogens is 350 g/mol. The molecule has 3 rings (SSSR count). The maximum atomic E-state index is 12.0. The van der Waals surface area contributed by atoms with E-state index in [-0.39, 0.29) is 17.2 Å². The number of hydrogen-bond donors (Lipinski definition) is 1. The lowest BCUT2D eigenvalue weighted by molar-refractivity contribution is -0.119. The van der Waals surface area contributed by atoms with Gasteiger partial charge in [0, 0.05) is 11.1 Å². The highest BCUT2D eigenvalue weighted by Gasteiger charge is 2.16. The molecule has 0 unspecified atom stereocenters. The molecule has 0 saturated carbocycles. The number of thioether (sulfide) groups is 1. The highest BCUT2D eigenvalue weighted by atomic mass is 32.2. The summed E-state index contributed by atoms with van der Waals surface area (Å²) in [6.45, 7) is 5.85. The van der Waals surface area contributed by atoms with Crippen molar-refractivity contribution in [2.45, 2.75) is 31.5 Å². The Kier molecular flexibility index (Phi) is 5.13. The molecule has 136 valence electrons. The number of carbonyl (C=O) groups is 1. The van der Waals surface area contributed by atoms with Crippen LogP contribution in [0.3, 0.4) is 0 Å². The average Bonchev–Trinajstić information content (AvgIpc) is 3.01. The van der Waals surface area contributed by atoms with Gasteiger partial charge in [-0.05, 0) is 57.2 Å². The molecule has 0 spiro atoms. The number of amides is 1. The van der Waals surface area contributed by atoms with Gasteiger partial charge in [-0.1, -0.05) is 11.8 Å². The first-order chi connectivity index (χ1) is 12.4. The predicted molar refractivity (Wildman–Crippen MR) is 101 cm³/mol. The van der Waals surface area contributed by atoms with Gasteiger partial charge in [0.1, 0.15) is 5.75 Å². The van der Waals surface area contributed by atoms with Gasteiger partial charge in [0.15, 0.2) is 5.65 Å². The van der Waals surface area contributed by atoms with Crippen LogP contribution < -0.4 is 10.1 Å². The summed E-state index contributed by atoms with van der Waals surface area (Å²) in [6.07, 6.45) is 0. The summed E-state index contributed by atoms with van der Waals surface area (Å²) in [4.78, 5) is 12.0. The van der Waals surface area contributed by atoms with Crippen molar-refractivity contribution >= 4 is 23.3 Å². The second-order valence-corrected chi connectivity index (χ2v) is 7.73. The molecule has 0 fully saturated rings. The number of fused-ring (bicyclic) bond motifs is 1. The minimum absolute atomic E-state index is 0.0504. The Balaban J connectivity index is 1.80. The van der Waals surface area contributed by atoms with Gasteiger partial charge in [0.2, 0.25) is 11.1 Å². The van der Waals surface area contributed by atoms with E-state index in [1.165, 1.54) is 11.8 Å². The zero-order valence-corrected chi connectivity index (χ0v) is 16.0. The summed E-state index contributed by atoms with van der Waals surface area (Å²) >= 11 is 1.31. The maximum Gasteiger partial charge on any atom is 0.230 e. The number of carbonyl (C=O) groups excluding carboxylic acids is 1. The summed E-state index contributed by atoms with van der Waals surface area (Å²) < 4.78 is 6.85. The largest absolute Gasteiger partial charge is 0.497 e. The van der Waals surface area contributed by atoms with Gasteiger partial charge < -0.3 is 10.1 Å². The molecule has 8 heteroatoms. The second kappa shape index (κ2) is 7.33. The van der Waals surface area contributed by atoms with E-state index in [0.717, 1.165) is 17.0 Å². The first kappa shape index (κ1) is 18.2. The van der Waals surface area contributed by atoms with E-state index >= 15 is 0 Å². The number of aromatic nitrogens is 4. The SMILES string of the molecule is COc1ccc(-c2ccc3nnc(SCC(=O)NC(C)(C)C)n3n2)cc1. The number of benzene rings is 1. The summed E-state index contributed by atoms with van der Waals surface area (Å²) in [7, 11) is 1.63. The minimum Gasteiger partial charge on any atom is -0.497 e. The molecule has 0 aliphatic heterocycles. The van der Waals surface area contributed by atoms with Crippen LogP contribution in [-0.4, -0.2) is 44.1 Å². The van der Waals surface area contributed by atoms with Crippen LogP contribution in [0.1, 0.15) is 20.8 Å². The highest BCUT2D eigenvalue weighted by molar-refractivity contribution is 7.99. The van der Waals surface area contributed by atoms with Crippen LogP contribution in [0.2, 0.25) is 0 Å². The van der Waals surface area contributed by atoms with Crippen LogP contribution >= 0.6 is 11.8 Å². The number of nitrogens with zero attached hydrogens (tertiary/aromatic N) is 4. The van der Waals surface area contributed by atoms with Crippen LogP contribution in [0, 0.1) is 0 Å². The van der Waals surface area contributed by atoms with Crippen LogP contribution in [0.25, 0.3) is 16.9 Å². The Morgan fingerprint density at radius 1 is 1.15 bits per heavy atom. The lowest BCUT2D eigenvalue weighted by Crippen LogP contribution is -2.41. The molecule has 0 saturated heterocycles. The first-order valence-corrected chi connectivity index (χ1v) is 9.15. The van der Waals surface area contributed by atoms with Crippen LogP contribution in [0.5, 0.6) is 5.75 Å². The molecule has 0 radical (unpaired) electrons. The summed E-state index contributed by atoms with van der Waals surface area (Å²) in [5.41, 5.74) is 2.13. The smallest absolute Gasteiger partial charge is 0.230 e. The third kappa shape index (κ3) is 4.32. The third-order valence-corrected chi connectivity index (χ3v) is 4.39. The maximum absolute atomic E-state index is 12.0. The van der Waals surface area contributed by atoms with Crippen molar-refractivity contribution in [3.05, 3.63) is 36.4 Å². The number of hydrogen-bond acceptors (Lipinski definition) is 6. The topological polar surface area (TPSA) is 81.4 Å². The minimum atomic E-state index is -0.260. The average molecular weight is 371 g/mol. The summed E-state index contributed by atoms with van der Waals surface area (Å²) in [5, 5.41) is 16.4. The van der Waals surface area contributed by atoms with Crippen molar-refractivity contribution in [1.29, 1.82) is 0 Å². The fourth-order valence-corrected chi connectivity index (χ4v) is 3.05. The van der Waals surface area contributed by atoms with E-state index in [9.17, 15) is 4.79 Å². The Labute approximate surface area is 156 Å². The molecule has 1 amide bonds. The molecule has 26 heavy (non-hydrogen) atoms. The monoisotopic (exact) mass is 371 g/mol. The van der Waals surface area contributed by atoms with Crippen LogP contribution in [0.4, 0.5) is 0 Å². The van der Waals surface area contributed by atoms with Gasteiger partial charge >= 0.3 is 0 Å². The van der Waals surface area contributed by atoms with E-state index in [0.29, 0.717) is 10.8 Å². The predicted octanol–water partition coefficient (Wildman–Crippen LogP) is 2.81. The van der Waals surface area contributed by atoms with Gasteiger partial charge in [-0.3, -0.25) is 4.79 Å². The first-order valence-electron chi connectivity index (χ1n) is 8.16.